The topological polar surface area (TPSA) is 341 Å². The molecule has 5 aliphatic carbocycles. The van der Waals surface area contributed by atoms with Crippen molar-refractivity contribution in [2.75, 3.05) is 10.7 Å². The number of nitrogens with one attached hydrogen (secondary N) is 1. The van der Waals surface area contributed by atoms with E-state index in [0.717, 1.165) is 115 Å². The van der Waals surface area contributed by atoms with Gasteiger partial charge in [0.25, 0.3) is 0 Å². The number of nitriles is 2. The van der Waals surface area contributed by atoms with Crippen LogP contribution in [-0.2, 0) is 52.7 Å². The summed E-state index contributed by atoms with van der Waals surface area (Å²) in [6.07, 6.45) is 10.8. The molecule has 5 aliphatic rings. The Labute approximate surface area is 664 Å². The van der Waals surface area contributed by atoms with Crippen LogP contribution in [0.15, 0.2) is 146 Å². The van der Waals surface area contributed by atoms with E-state index in [9.17, 15) is 63.1 Å². The maximum Gasteiger partial charge on any atom is 1.00 e. The number of nitrogens with zero attached hydrogens (tertiary/aromatic N) is 5. The second kappa shape index (κ2) is 49.3. The Bertz CT molecular complexity index is 3540. The zero-order valence-corrected chi connectivity index (χ0v) is 64.1. The molecule has 12 rings (SSSR count). The van der Waals surface area contributed by atoms with Gasteiger partial charge in [-0.25, -0.2) is 32.2 Å². The molecule has 7 aromatic rings. The van der Waals surface area contributed by atoms with Gasteiger partial charge in [-0.15, -0.1) is 0 Å². The third-order valence-corrected chi connectivity index (χ3v) is 18.0. The van der Waals surface area contributed by atoms with Crippen molar-refractivity contribution in [2.45, 2.75) is 136 Å². The molecular formula is C69H72Br2ClF10KN9NaO8. The summed E-state index contributed by atoms with van der Waals surface area (Å²) < 4.78 is 140. The van der Waals surface area contributed by atoms with Gasteiger partial charge in [0.1, 0.15) is 41.2 Å². The molecule has 0 atom stereocenters. The zero-order valence-electron chi connectivity index (χ0n) is 55.1. The molecule has 0 bridgehead atoms. The van der Waals surface area contributed by atoms with Gasteiger partial charge in [0.2, 0.25) is 5.91 Å². The minimum Gasteiger partial charge on any atom is -0.870 e. The first kappa shape index (κ1) is 95.5. The number of nitrogens with two attached hydrogens (primary N) is 3. The Hall–Kier alpha value is -5.46. The van der Waals surface area contributed by atoms with Crippen LogP contribution < -0.4 is 113 Å². The van der Waals surface area contributed by atoms with Crippen molar-refractivity contribution in [3.8, 4) is 12.1 Å². The fraction of sp³-hybridized carbons (Fsp3) is 0.348. The number of benzene rings is 6. The van der Waals surface area contributed by atoms with Crippen LogP contribution in [-0.4, -0.2) is 60.4 Å². The van der Waals surface area contributed by atoms with E-state index >= 15 is 0 Å². The second-order valence-corrected chi connectivity index (χ2v) is 24.2. The number of amides is 1. The number of aldehydes is 1. The summed E-state index contributed by atoms with van der Waals surface area (Å²) in [6.45, 7) is 0. The summed E-state index contributed by atoms with van der Waals surface area (Å²) in [6, 6.07) is 38.8. The van der Waals surface area contributed by atoms with Crippen molar-refractivity contribution in [1.82, 2.24) is 20.4 Å². The molecule has 9 N–H and O–H groups in total. The number of carbonyl (C=O) groups is 4. The summed E-state index contributed by atoms with van der Waals surface area (Å²) in [5, 5.41) is 28.6. The molecule has 1 aromatic heterocycles. The average molecular weight is 1600 g/mol. The largest absolute Gasteiger partial charge is 1.00 e. The van der Waals surface area contributed by atoms with Crippen molar-refractivity contribution < 1.29 is 175 Å². The van der Waals surface area contributed by atoms with Crippen LogP contribution in [0.1, 0.15) is 136 Å². The first-order valence-corrected chi connectivity index (χ1v) is 33.0. The number of carbonyl (C=O) groups excluding carboxylic acids is 3. The number of carboxylic acid groups (broad SMARTS) is 1. The van der Waals surface area contributed by atoms with Crippen LogP contribution in [0.25, 0.3) is 0 Å². The predicted molar refractivity (Wildman–Crippen MR) is 345 cm³/mol. The van der Waals surface area contributed by atoms with Gasteiger partial charge < -0.3 is 24.7 Å². The van der Waals surface area contributed by atoms with Gasteiger partial charge in [-0.05, 0) is 183 Å². The molecule has 0 radical (unpaired) electrons. The molecular weight excluding hydrogens is 1530 g/mol. The van der Waals surface area contributed by atoms with E-state index in [0.29, 0.717) is 37.7 Å². The van der Waals surface area contributed by atoms with Crippen molar-refractivity contribution in [2.24, 2.45) is 17.5 Å². The monoisotopic (exact) mass is 1600 g/mol. The molecule has 0 unspecified atom stereocenters. The Morgan fingerprint density at radius 1 is 0.525 bits per heavy atom. The third kappa shape index (κ3) is 28.8. The van der Waals surface area contributed by atoms with Crippen LogP contribution in [0, 0.1) is 87.1 Å². The van der Waals surface area contributed by atoms with Gasteiger partial charge in [0.15, 0.2) is 0 Å². The minimum atomic E-state index is -1.46. The van der Waals surface area contributed by atoms with Gasteiger partial charge in [-0.3, -0.25) is 31.5 Å². The summed E-state index contributed by atoms with van der Waals surface area (Å²) >= 11 is 6.14. The number of aliphatic carboxylic acids is 1. The van der Waals surface area contributed by atoms with Crippen molar-refractivity contribution in [3.05, 3.63) is 232 Å². The SMILES string of the molecule is BrCCCBr.Fc1nc(F)nc(F)n1.N#CC1(c2ccc(F)cc2)CCC1.N#CCc1ccc(F)cc1.NN.NNC(=O)C1(c2ccc(F)cc2)CCC1.O=C(F)C1(c2ccc(F)cc2)CCC1.O=C(O)C1(c2ccc(F)cc2)CCC1.O=CC1(c2ccc(F)cc2)CCC1.[K+].[Na+].[O-][Cl+][O-].[OH-]. The summed E-state index contributed by atoms with van der Waals surface area (Å²) in [5.74, 6) is 10.5. The molecule has 5 saturated carbocycles. The van der Waals surface area contributed by atoms with Crippen molar-refractivity contribution in [3.63, 3.8) is 0 Å². The number of hydrazine groups is 2. The molecule has 101 heavy (non-hydrogen) atoms. The Balaban J connectivity index is 0.00000113. The predicted octanol–water partition coefficient (Wildman–Crippen LogP) is 6.15. The fourth-order valence-electron chi connectivity index (χ4n) is 10.5. The van der Waals surface area contributed by atoms with Crippen molar-refractivity contribution in [1.29, 1.82) is 10.5 Å². The van der Waals surface area contributed by atoms with E-state index in [-0.39, 0.29) is 138 Å². The number of carboxylic acids is 1. The Morgan fingerprint density at radius 2 is 0.812 bits per heavy atom. The van der Waals surface area contributed by atoms with Gasteiger partial charge in [-0.1, -0.05) is 130 Å². The van der Waals surface area contributed by atoms with Crippen LogP contribution in [0.2, 0.25) is 0 Å². The van der Waals surface area contributed by atoms with E-state index < -0.39 is 57.8 Å². The maximum atomic E-state index is 12.9. The normalized spacial score (nSPS) is 15.1. The summed E-state index contributed by atoms with van der Waals surface area (Å²) in [7, 11) is 0. The quantitative estimate of drug-likeness (QED) is 0.0134. The van der Waals surface area contributed by atoms with E-state index in [1.807, 2.05) is 6.07 Å². The first-order valence-electron chi connectivity index (χ1n) is 30.2. The van der Waals surface area contributed by atoms with Crippen LogP contribution in [0.4, 0.5) is 43.9 Å². The van der Waals surface area contributed by atoms with Gasteiger partial charge >= 0.3 is 111 Å². The molecule has 0 spiro atoms. The Kier molecular flexibility index (Phi) is 46.6. The van der Waals surface area contributed by atoms with E-state index in [1.165, 1.54) is 91.3 Å². The van der Waals surface area contributed by atoms with Crippen molar-refractivity contribution >= 4 is 56.1 Å². The number of alkyl halides is 2. The number of hydrogen-bond donors (Lipinski definition) is 5. The van der Waals surface area contributed by atoms with Crippen LogP contribution in [0.5, 0.6) is 0 Å². The number of hydrogen-bond acceptors (Lipinski definition) is 15. The fourth-order valence-corrected chi connectivity index (χ4v) is 11.8. The molecule has 6 aromatic carbocycles. The average Bonchev–Trinajstić information content (AvgIpc) is 0.762. The van der Waals surface area contributed by atoms with Gasteiger partial charge in [0.05, 0.1) is 57.0 Å². The van der Waals surface area contributed by atoms with Crippen LogP contribution in [0.3, 0.4) is 0 Å². The number of aromatic nitrogens is 3. The zero-order chi connectivity index (χ0) is 73.0. The molecule has 32 heteroatoms. The maximum absolute atomic E-state index is 12.9. The number of rotatable bonds is 12. The molecule has 0 aliphatic heterocycles. The van der Waals surface area contributed by atoms with Gasteiger partial charge in [0, 0.05) is 10.7 Å². The summed E-state index contributed by atoms with van der Waals surface area (Å²) in [5.41, 5.74) is 4.27. The minimum absolute atomic E-state index is 0. The molecule has 1 heterocycles. The van der Waals surface area contributed by atoms with Crippen LogP contribution >= 0.6 is 31.9 Å². The smallest absolute Gasteiger partial charge is 0.870 e. The molecule has 5 fully saturated rings. The van der Waals surface area contributed by atoms with E-state index in [2.05, 4.69) is 70.0 Å². The Morgan fingerprint density at radius 3 is 1.03 bits per heavy atom. The molecule has 1 amide bonds. The second-order valence-electron chi connectivity index (χ2n) is 22.5. The standard InChI is InChI=1S/C11H10F2O.C11H13FN2O.C11H10FN.C11H11FO2.C11H11FO.C8H6FN.C3H6Br2.C3F3N3.ClO2.K.H4N2.Na.H2O/c12-9-4-2-8(3-5-9)11(10(13)14)6-1-7-11;12-9-4-2-8(3-5-9)11(6-1-7-11)10(15)14-13;12-10-4-2-9(3-5-10)11(8-13)6-1-7-11;12-9-4-2-8(3-5-9)11(10(13)14)6-1-7-11;12-10-4-2-9(3-5-10)11(8-13)6-1-7-11;9-8-3-1-7(2-4-8)5-6-10;4-2-1-3-5;4-1-7-2(5)9-3(6)8-1;2-1-3;;1-2;;/h2-5H,1,6-7H2;2-5H,1,6-7,13H2,(H,14,15);2-5H,1,6-7H2;2-5H,1,6-7H2,(H,13,14);2-5,8H,1,6-7H2;1-4H,5H2;1-3H2;;;;1-2H2;;1H2/q;;;;;;;;-1;+1;;+1;/p-1. The van der Waals surface area contributed by atoms with E-state index in [1.54, 1.807) is 60.7 Å². The first-order chi connectivity index (χ1) is 46.9. The summed E-state index contributed by atoms with van der Waals surface area (Å²) in [4.78, 5) is 51.9. The molecule has 17 nitrogen and oxygen atoms in total. The van der Waals surface area contributed by atoms with Gasteiger partial charge in [-0.2, -0.15) is 43.0 Å². The molecule has 534 valence electrons. The number of halogens is 13. The van der Waals surface area contributed by atoms with E-state index in [4.69, 9.17) is 30.8 Å². The third-order valence-electron chi connectivity index (χ3n) is 16.9. The molecule has 0 saturated heterocycles.